The van der Waals surface area contributed by atoms with Crippen LogP contribution in [0.1, 0.15) is 23.7 Å². The summed E-state index contributed by atoms with van der Waals surface area (Å²) in [5, 5.41) is 17.9. The van der Waals surface area contributed by atoms with Crippen LogP contribution in [0.15, 0.2) is 17.5 Å². The summed E-state index contributed by atoms with van der Waals surface area (Å²) in [6, 6.07) is 4.34. The van der Waals surface area contributed by atoms with Gasteiger partial charge in [0.1, 0.15) is 6.61 Å². The maximum absolute atomic E-state index is 9.16. The van der Waals surface area contributed by atoms with E-state index < -0.39 is 0 Å². The fourth-order valence-electron chi connectivity index (χ4n) is 1.71. The standard InChI is InChI=1S/C10H13N3OS2/c1-7(5-8-3-2-4-16-8)13-9(6-14)11-12-10(13)15/h2-4,7,14H,5-6H2,1H3,(H,12,15). The highest BCUT2D eigenvalue weighted by Crippen LogP contribution is 2.19. The van der Waals surface area contributed by atoms with E-state index in [1.54, 1.807) is 11.3 Å². The molecule has 1 unspecified atom stereocenters. The molecule has 0 aromatic carbocycles. The van der Waals surface area contributed by atoms with Crippen LogP contribution in [0.3, 0.4) is 0 Å². The van der Waals surface area contributed by atoms with Gasteiger partial charge in [0.2, 0.25) is 0 Å². The smallest absolute Gasteiger partial charge is 0.195 e. The quantitative estimate of drug-likeness (QED) is 0.824. The Morgan fingerprint density at radius 3 is 3.12 bits per heavy atom. The van der Waals surface area contributed by atoms with E-state index in [1.165, 1.54) is 4.88 Å². The molecular weight excluding hydrogens is 242 g/mol. The van der Waals surface area contributed by atoms with Gasteiger partial charge in [0.05, 0.1) is 0 Å². The lowest BCUT2D eigenvalue weighted by molar-refractivity contribution is 0.260. The molecule has 0 radical (unpaired) electrons. The van der Waals surface area contributed by atoms with Crippen molar-refractivity contribution in [3.05, 3.63) is 33.0 Å². The van der Waals surface area contributed by atoms with E-state index in [0.29, 0.717) is 10.6 Å². The monoisotopic (exact) mass is 255 g/mol. The zero-order valence-electron chi connectivity index (χ0n) is 8.88. The first-order chi connectivity index (χ1) is 7.72. The van der Waals surface area contributed by atoms with E-state index in [1.807, 2.05) is 10.6 Å². The maximum Gasteiger partial charge on any atom is 0.195 e. The van der Waals surface area contributed by atoms with Gasteiger partial charge in [-0.25, -0.2) is 0 Å². The summed E-state index contributed by atoms with van der Waals surface area (Å²) in [7, 11) is 0. The lowest BCUT2D eigenvalue weighted by Crippen LogP contribution is -2.11. The van der Waals surface area contributed by atoms with Crippen molar-refractivity contribution >= 4 is 23.6 Å². The molecule has 16 heavy (non-hydrogen) atoms. The van der Waals surface area contributed by atoms with E-state index in [2.05, 4.69) is 28.6 Å². The van der Waals surface area contributed by atoms with Gasteiger partial charge in [0.25, 0.3) is 0 Å². The summed E-state index contributed by atoms with van der Waals surface area (Å²) in [6.07, 6.45) is 0.901. The summed E-state index contributed by atoms with van der Waals surface area (Å²) >= 11 is 6.88. The number of rotatable bonds is 4. The molecule has 0 aliphatic carbocycles. The number of hydrogen-bond acceptors (Lipinski definition) is 4. The Bertz CT molecular complexity index is 500. The summed E-state index contributed by atoms with van der Waals surface area (Å²) in [5.74, 6) is 0.592. The molecule has 6 heteroatoms. The van der Waals surface area contributed by atoms with E-state index in [9.17, 15) is 0 Å². The fourth-order valence-corrected chi connectivity index (χ4v) is 2.87. The second-order valence-corrected chi connectivity index (χ2v) is 5.02. The third kappa shape index (κ3) is 2.23. The molecule has 4 nitrogen and oxygen atoms in total. The van der Waals surface area contributed by atoms with E-state index in [-0.39, 0.29) is 12.6 Å². The third-order valence-electron chi connectivity index (χ3n) is 2.44. The molecule has 0 amide bonds. The van der Waals surface area contributed by atoms with Crippen molar-refractivity contribution < 1.29 is 5.11 Å². The molecular formula is C10H13N3OS2. The first-order valence-corrected chi connectivity index (χ1v) is 6.30. The summed E-state index contributed by atoms with van der Waals surface area (Å²) in [6.45, 7) is 1.98. The molecule has 2 aromatic heterocycles. The van der Waals surface area contributed by atoms with E-state index in [4.69, 9.17) is 17.3 Å². The molecule has 0 saturated heterocycles. The van der Waals surface area contributed by atoms with Gasteiger partial charge in [-0.3, -0.25) is 9.67 Å². The number of aliphatic hydroxyl groups is 1. The maximum atomic E-state index is 9.16. The van der Waals surface area contributed by atoms with Gasteiger partial charge < -0.3 is 5.11 Å². The van der Waals surface area contributed by atoms with Crippen LogP contribution in [-0.2, 0) is 13.0 Å². The average Bonchev–Trinajstić information content (AvgIpc) is 2.87. The van der Waals surface area contributed by atoms with Crippen molar-refractivity contribution in [1.29, 1.82) is 0 Å². The molecule has 0 saturated carbocycles. The molecule has 2 rings (SSSR count). The molecule has 2 N–H and O–H groups in total. The average molecular weight is 255 g/mol. The molecule has 86 valence electrons. The Balaban J connectivity index is 2.23. The lowest BCUT2D eigenvalue weighted by atomic mass is 10.2. The zero-order valence-corrected chi connectivity index (χ0v) is 10.5. The number of nitrogens with zero attached hydrogens (tertiary/aromatic N) is 2. The minimum absolute atomic E-state index is 0.0953. The van der Waals surface area contributed by atoms with Crippen LogP contribution in [0.25, 0.3) is 0 Å². The number of aromatic amines is 1. The van der Waals surface area contributed by atoms with Crippen LogP contribution in [0.4, 0.5) is 0 Å². The lowest BCUT2D eigenvalue weighted by Gasteiger charge is -2.13. The van der Waals surface area contributed by atoms with Gasteiger partial charge in [-0.05, 0) is 30.6 Å². The highest BCUT2D eigenvalue weighted by Gasteiger charge is 2.12. The molecule has 0 aliphatic rings. The molecule has 0 fully saturated rings. The first-order valence-electron chi connectivity index (χ1n) is 5.01. The Kier molecular flexibility index (Phi) is 3.52. The van der Waals surface area contributed by atoms with Crippen LogP contribution in [0, 0.1) is 4.77 Å². The summed E-state index contributed by atoms with van der Waals surface area (Å²) < 4.78 is 2.43. The second kappa shape index (κ2) is 4.90. The number of H-pyrrole nitrogens is 1. The van der Waals surface area contributed by atoms with Crippen LogP contribution in [0.2, 0.25) is 0 Å². The first kappa shape index (κ1) is 11.5. The van der Waals surface area contributed by atoms with E-state index >= 15 is 0 Å². The molecule has 0 aliphatic heterocycles. The number of hydrogen-bond donors (Lipinski definition) is 2. The van der Waals surface area contributed by atoms with Crippen molar-refractivity contribution in [3.8, 4) is 0 Å². The third-order valence-corrected chi connectivity index (χ3v) is 3.62. The Morgan fingerprint density at radius 1 is 1.69 bits per heavy atom. The predicted octanol–water partition coefficient (Wildman–Crippen LogP) is 2.30. The van der Waals surface area contributed by atoms with Gasteiger partial charge in [-0.15, -0.1) is 11.3 Å². The molecule has 1 atom stereocenters. The number of thiophene rings is 1. The van der Waals surface area contributed by atoms with Crippen LogP contribution >= 0.6 is 23.6 Å². The Hall–Kier alpha value is -0.980. The Labute approximate surface area is 103 Å². The van der Waals surface area contributed by atoms with Crippen molar-refractivity contribution in [2.24, 2.45) is 0 Å². The number of nitrogens with one attached hydrogen (secondary N) is 1. The minimum atomic E-state index is -0.0953. The number of aromatic nitrogens is 3. The van der Waals surface area contributed by atoms with E-state index in [0.717, 1.165) is 6.42 Å². The van der Waals surface area contributed by atoms with Crippen LogP contribution in [-0.4, -0.2) is 19.9 Å². The Morgan fingerprint density at radius 2 is 2.50 bits per heavy atom. The predicted molar refractivity (Wildman–Crippen MR) is 66.1 cm³/mol. The van der Waals surface area contributed by atoms with Crippen molar-refractivity contribution in [2.45, 2.75) is 26.0 Å². The SMILES string of the molecule is CC(Cc1cccs1)n1c(CO)n[nH]c1=S. The largest absolute Gasteiger partial charge is 0.388 e. The van der Waals surface area contributed by atoms with Gasteiger partial charge in [0, 0.05) is 17.3 Å². The minimum Gasteiger partial charge on any atom is -0.388 e. The van der Waals surface area contributed by atoms with Gasteiger partial charge in [0.15, 0.2) is 10.6 Å². The van der Waals surface area contributed by atoms with Gasteiger partial charge in [-0.1, -0.05) is 6.07 Å². The van der Waals surface area contributed by atoms with Gasteiger partial charge in [-0.2, -0.15) is 5.10 Å². The highest BCUT2D eigenvalue weighted by molar-refractivity contribution is 7.71. The molecule has 0 bridgehead atoms. The van der Waals surface area contributed by atoms with Gasteiger partial charge >= 0.3 is 0 Å². The fraction of sp³-hybridized carbons (Fsp3) is 0.400. The zero-order chi connectivity index (χ0) is 11.5. The summed E-state index contributed by atoms with van der Waals surface area (Å²) in [4.78, 5) is 1.31. The van der Waals surface area contributed by atoms with Crippen LogP contribution in [0.5, 0.6) is 0 Å². The molecule has 0 spiro atoms. The van der Waals surface area contributed by atoms with Crippen LogP contribution < -0.4 is 0 Å². The normalized spacial score (nSPS) is 12.9. The summed E-state index contributed by atoms with van der Waals surface area (Å²) in [5.41, 5.74) is 0. The molecule has 2 heterocycles. The second-order valence-electron chi connectivity index (χ2n) is 3.61. The topological polar surface area (TPSA) is 53.8 Å². The number of aliphatic hydroxyl groups excluding tert-OH is 1. The van der Waals surface area contributed by atoms with Crippen molar-refractivity contribution in [1.82, 2.24) is 14.8 Å². The van der Waals surface area contributed by atoms with Crippen molar-refractivity contribution in [2.75, 3.05) is 0 Å². The highest BCUT2D eigenvalue weighted by atomic mass is 32.1. The van der Waals surface area contributed by atoms with Crippen molar-refractivity contribution in [3.63, 3.8) is 0 Å². The molecule has 2 aromatic rings.